The minimum atomic E-state index is -2.71. The average Bonchev–Trinajstić information content (AvgIpc) is 2.15. The molecule has 1 aromatic rings. The van der Waals surface area contributed by atoms with E-state index in [1.165, 1.54) is 0 Å². The van der Waals surface area contributed by atoms with Gasteiger partial charge in [-0.25, -0.2) is 4.21 Å². The summed E-state index contributed by atoms with van der Waals surface area (Å²) in [5.74, 6) is 3.61. The quantitative estimate of drug-likeness (QED) is 0.821. The number of hydrogen-bond acceptors (Lipinski definition) is 3. The summed E-state index contributed by atoms with van der Waals surface area (Å²) in [6, 6.07) is 7.27. The zero-order valence-corrected chi connectivity index (χ0v) is 11.4. The molecule has 0 amide bonds. The van der Waals surface area contributed by atoms with Crippen LogP contribution in [0.3, 0.4) is 0 Å². The van der Waals surface area contributed by atoms with Gasteiger partial charge < -0.3 is 5.11 Å². The van der Waals surface area contributed by atoms with Crippen LogP contribution in [0.4, 0.5) is 0 Å². The Labute approximate surface area is 104 Å². The third-order valence-corrected chi connectivity index (χ3v) is 3.91. The van der Waals surface area contributed by atoms with E-state index in [4.69, 9.17) is 4.18 Å². The summed E-state index contributed by atoms with van der Waals surface area (Å²) in [7, 11) is -2.71. The van der Waals surface area contributed by atoms with Crippen LogP contribution >= 0.6 is 0 Å². The van der Waals surface area contributed by atoms with E-state index in [1.807, 2.05) is 19.1 Å². The summed E-state index contributed by atoms with van der Waals surface area (Å²) in [4.78, 5) is 0.582. The van der Waals surface area contributed by atoms with Crippen LogP contribution in [0.15, 0.2) is 29.2 Å². The summed E-state index contributed by atoms with van der Waals surface area (Å²) >= 11 is 0. The third-order valence-electron chi connectivity index (χ3n) is 2.37. The minimum Gasteiger partial charge on any atom is -0.390 e. The Morgan fingerprint density at radius 1 is 1.35 bits per heavy atom. The fraction of sp³-hybridized carbons (Fsp3) is 0.462. The van der Waals surface area contributed by atoms with Gasteiger partial charge in [0.15, 0.2) is 0 Å². The molecular weight excluding hydrogens is 236 g/mol. The predicted molar refractivity (Wildman–Crippen MR) is 71.6 cm³/mol. The van der Waals surface area contributed by atoms with Gasteiger partial charge in [-0.15, -0.1) is 0 Å². The lowest BCUT2D eigenvalue weighted by molar-refractivity contribution is 0.0572. The molecule has 17 heavy (non-hydrogen) atoms. The van der Waals surface area contributed by atoms with Gasteiger partial charge in [0.1, 0.15) is 9.80 Å². The summed E-state index contributed by atoms with van der Waals surface area (Å²) in [5, 5.41) is 9.53. The molecule has 1 rings (SSSR count). The fourth-order valence-corrected chi connectivity index (χ4v) is 2.28. The van der Waals surface area contributed by atoms with Gasteiger partial charge in [0.2, 0.25) is 0 Å². The Morgan fingerprint density at radius 3 is 2.35 bits per heavy atom. The van der Waals surface area contributed by atoms with Crippen molar-refractivity contribution in [2.75, 3.05) is 6.61 Å². The maximum Gasteiger partial charge on any atom is 0.106 e. The second-order valence-corrected chi connectivity index (χ2v) is 6.75. The first-order valence-corrected chi connectivity index (χ1v) is 7.17. The molecule has 1 unspecified atom stereocenters. The van der Waals surface area contributed by atoms with Crippen molar-refractivity contribution in [2.45, 2.75) is 37.7 Å². The van der Waals surface area contributed by atoms with Gasteiger partial charge in [-0.3, -0.25) is 4.18 Å². The highest BCUT2D eigenvalue weighted by molar-refractivity contribution is 7.96. The molecule has 0 bridgehead atoms. The first-order valence-electron chi connectivity index (χ1n) is 5.51. The van der Waals surface area contributed by atoms with Crippen molar-refractivity contribution < 1.29 is 13.5 Å². The van der Waals surface area contributed by atoms with Gasteiger partial charge in [0.05, 0.1) is 17.1 Å². The normalized spacial score (nSPS) is 15.5. The highest BCUT2D eigenvalue weighted by Gasteiger charge is 2.14. The Kier molecular flexibility index (Phi) is 4.36. The largest absolute Gasteiger partial charge is 0.390 e. The number of rotatable bonds is 5. The van der Waals surface area contributed by atoms with E-state index in [9.17, 15) is 9.32 Å². The van der Waals surface area contributed by atoms with Crippen molar-refractivity contribution >= 4 is 15.7 Å². The highest BCUT2D eigenvalue weighted by Crippen LogP contribution is 2.15. The molecule has 1 atom stereocenters. The van der Waals surface area contributed by atoms with Crippen LogP contribution in [0.5, 0.6) is 0 Å². The van der Waals surface area contributed by atoms with Crippen molar-refractivity contribution in [3.63, 3.8) is 0 Å². The van der Waals surface area contributed by atoms with Crippen LogP contribution in [0.1, 0.15) is 25.8 Å². The molecule has 3 nitrogen and oxygen atoms in total. The summed E-state index contributed by atoms with van der Waals surface area (Å²) < 4.78 is 17.5. The molecule has 0 spiro atoms. The zero-order chi connectivity index (χ0) is 13.1. The molecule has 0 saturated heterocycles. The molecule has 0 heterocycles. The SMILES string of the molecule is C=S(=O)(OCCC(C)(C)O)c1ccc(C)cc1. The maximum atomic E-state index is 12.2. The molecule has 4 heteroatoms. The molecule has 0 fully saturated rings. The van der Waals surface area contributed by atoms with E-state index in [2.05, 4.69) is 5.87 Å². The Bertz CT molecular complexity index is 452. The molecule has 0 aliphatic heterocycles. The van der Waals surface area contributed by atoms with Gasteiger partial charge >= 0.3 is 0 Å². The van der Waals surface area contributed by atoms with Crippen LogP contribution in [0.25, 0.3) is 0 Å². The van der Waals surface area contributed by atoms with E-state index in [-0.39, 0.29) is 6.61 Å². The van der Waals surface area contributed by atoms with Gasteiger partial charge in [-0.2, -0.15) is 0 Å². The second kappa shape index (κ2) is 5.21. The van der Waals surface area contributed by atoms with E-state index >= 15 is 0 Å². The van der Waals surface area contributed by atoms with E-state index in [0.29, 0.717) is 11.3 Å². The number of aliphatic hydroxyl groups is 1. The molecular formula is C13H20O3S. The summed E-state index contributed by atoms with van der Waals surface area (Å²) in [5.41, 5.74) is 0.281. The van der Waals surface area contributed by atoms with Crippen molar-refractivity contribution in [2.24, 2.45) is 0 Å². The standard InChI is InChI=1S/C13H20O3S/c1-11-5-7-12(8-6-11)17(4,15)16-10-9-13(2,3)14/h5-8,14H,4,9-10H2,1-3H3. The predicted octanol–water partition coefficient (Wildman–Crippen LogP) is 2.16. The molecule has 0 aromatic heterocycles. The Balaban J connectivity index is 2.66. The second-order valence-electron chi connectivity index (χ2n) is 4.81. The number of aryl methyl sites for hydroxylation is 1. The molecule has 96 valence electrons. The first kappa shape index (κ1) is 14.2. The van der Waals surface area contributed by atoms with Crippen molar-refractivity contribution in [1.29, 1.82) is 0 Å². The number of hydrogen-bond donors (Lipinski definition) is 1. The zero-order valence-electron chi connectivity index (χ0n) is 10.6. The van der Waals surface area contributed by atoms with Crippen LogP contribution in [-0.2, 0) is 14.0 Å². The van der Waals surface area contributed by atoms with Crippen LogP contribution in [0, 0.1) is 6.92 Å². The van der Waals surface area contributed by atoms with Gasteiger partial charge in [0.25, 0.3) is 0 Å². The van der Waals surface area contributed by atoms with Crippen molar-refractivity contribution in [3.8, 4) is 0 Å². The highest BCUT2D eigenvalue weighted by atomic mass is 32.2. The first-order chi connectivity index (χ1) is 7.71. The van der Waals surface area contributed by atoms with Crippen LogP contribution in [0.2, 0.25) is 0 Å². The average molecular weight is 256 g/mol. The smallest absolute Gasteiger partial charge is 0.106 e. The van der Waals surface area contributed by atoms with E-state index < -0.39 is 15.4 Å². The summed E-state index contributed by atoms with van der Waals surface area (Å²) in [6.45, 7) is 5.56. The van der Waals surface area contributed by atoms with Crippen LogP contribution < -0.4 is 0 Å². The van der Waals surface area contributed by atoms with E-state index in [0.717, 1.165) is 5.56 Å². The minimum absolute atomic E-state index is 0.222. The summed E-state index contributed by atoms with van der Waals surface area (Å²) in [6.07, 6.45) is 0.422. The third kappa shape index (κ3) is 4.89. The van der Waals surface area contributed by atoms with E-state index in [1.54, 1.807) is 26.0 Å². The van der Waals surface area contributed by atoms with Crippen LogP contribution in [-0.4, -0.2) is 27.4 Å². The lowest BCUT2D eigenvalue weighted by atomic mass is 10.1. The monoisotopic (exact) mass is 256 g/mol. The van der Waals surface area contributed by atoms with Crippen molar-refractivity contribution in [1.82, 2.24) is 0 Å². The van der Waals surface area contributed by atoms with Gasteiger partial charge in [0, 0.05) is 6.42 Å². The van der Waals surface area contributed by atoms with Gasteiger partial charge in [-0.1, -0.05) is 17.7 Å². The van der Waals surface area contributed by atoms with Gasteiger partial charge in [-0.05, 0) is 38.8 Å². The molecule has 0 aliphatic carbocycles. The topological polar surface area (TPSA) is 46.5 Å². The molecule has 1 N–H and O–H groups in total. The lowest BCUT2D eigenvalue weighted by Gasteiger charge is -2.17. The van der Waals surface area contributed by atoms with Crippen molar-refractivity contribution in [3.05, 3.63) is 29.8 Å². The fourth-order valence-electron chi connectivity index (χ4n) is 1.24. The Morgan fingerprint density at radius 2 is 1.88 bits per heavy atom. The molecule has 0 saturated carbocycles. The maximum absolute atomic E-state index is 12.2. The number of benzene rings is 1. The molecule has 0 aliphatic rings. The Hall–Kier alpha value is -0.840. The molecule has 0 radical (unpaired) electrons. The lowest BCUT2D eigenvalue weighted by Crippen LogP contribution is -2.22. The molecule has 1 aromatic carbocycles.